The van der Waals surface area contributed by atoms with Crippen LogP contribution in [0.15, 0.2) is 60.7 Å². The summed E-state index contributed by atoms with van der Waals surface area (Å²) >= 11 is 0. The third-order valence-corrected chi connectivity index (χ3v) is 5.84. The Morgan fingerprint density at radius 2 is 1.67 bits per heavy atom. The van der Waals surface area contributed by atoms with E-state index < -0.39 is 5.67 Å². The summed E-state index contributed by atoms with van der Waals surface area (Å²) in [7, 11) is 0. The average Bonchev–Trinajstić information content (AvgIpc) is 3.50. The molecule has 2 aliphatic rings. The maximum absolute atomic E-state index is 15.1. The van der Waals surface area contributed by atoms with Crippen LogP contribution in [0.5, 0.6) is 0 Å². The van der Waals surface area contributed by atoms with Crippen molar-refractivity contribution < 1.29 is 9.13 Å². The molecule has 2 unspecified atom stereocenters. The van der Waals surface area contributed by atoms with Gasteiger partial charge in [-0.2, -0.15) is 0 Å². The van der Waals surface area contributed by atoms with Gasteiger partial charge >= 0.3 is 0 Å². The Kier molecular flexibility index (Phi) is 5.86. The molecule has 0 aromatic heterocycles. The molecule has 2 aromatic rings. The second kappa shape index (κ2) is 8.51. The van der Waals surface area contributed by atoms with Gasteiger partial charge in [-0.1, -0.05) is 60.7 Å². The molecular formula is C23H29FN2O. The number of halogens is 1. The molecule has 0 radical (unpaired) electrons. The van der Waals surface area contributed by atoms with Crippen molar-refractivity contribution in [3.63, 3.8) is 0 Å². The molecule has 0 spiro atoms. The predicted octanol–water partition coefficient (Wildman–Crippen LogP) is 4.11. The molecular weight excluding hydrogens is 339 g/mol. The number of hydrogen-bond donors (Lipinski definition) is 1. The molecule has 1 heterocycles. The minimum absolute atomic E-state index is 0.437. The van der Waals surface area contributed by atoms with Gasteiger partial charge in [0.25, 0.3) is 0 Å². The fraction of sp³-hybridized carbons (Fsp3) is 0.478. The second-order valence-electron chi connectivity index (χ2n) is 7.97. The van der Waals surface area contributed by atoms with E-state index >= 15 is 4.39 Å². The summed E-state index contributed by atoms with van der Waals surface area (Å²) in [6, 6.07) is 21.2. The van der Waals surface area contributed by atoms with Crippen molar-refractivity contribution in [2.45, 2.75) is 43.5 Å². The van der Waals surface area contributed by atoms with Gasteiger partial charge in [0.05, 0.1) is 13.3 Å². The first kappa shape index (κ1) is 18.6. The minimum atomic E-state index is -1.08. The summed E-state index contributed by atoms with van der Waals surface area (Å²) in [4.78, 5) is 2.21. The summed E-state index contributed by atoms with van der Waals surface area (Å²) in [6.45, 7) is 3.19. The summed E-state index contributed by atoms with van der Waals surface area (Å²) in [5, 5.41) is 3.47. The van der Waals surface area contributed by atoms with Crippen LogP contribution in [0.25, 0.3) is 0 Å². The Labute approximate surface area is 161 Å². The van der Waals surface area contributed by atoms with Crippen LogP contribution in [-0.2, 0) is 11.3 Å². The smallest absolute Gasteiger partial charge is 0.125 e. The van der Waals surface area contributed by atoms with Crippen molar-refractivity contribution in [2.75, 3.05) is 26.4 Å². The van der Waals surface area contributed by atoms with Crippen LogP contribution < -0.4 is 5.32 Å². The lowest BCUT2D eigenvalue weighted by Crippen LogP contribution is -2.48. The number of piperidine rings is 1. The molecule has 1 saturated heterocycles. The van der Waals surface area contributed by atoms with Gasteiger partial charge in [0.2, 0.25) is 0 Å². The van der Waals surface area contributed by atoms with E-state index in [0.29, 0.717) is 44.7 Å². The lowest BCUT2D eigenvalue weighted by Gasteiger charge is -2.36. The van der Waals surface area contributed by atoms with Crippen molar-refractivity contribution >= 4 is 0 Å². The maximum Gasteiger partial charge on any atom is 0.125 e. The highest BCUT2D eigenvalue weighted by atomic mass is 19.1. The van der Waals surface area contributed by atoms with Crippen molar-refractivity contribution in [1.29, 1.82) is 0 Å². The first-order valence-electron chi connectivity index (χ1n) is 10.0. The van der Waals surface area contributed by atoms with E-state index in [1.807, 2.05) is 24.3 Å². The summed E-state index contributed by atoms with van der Waals surface area (Å²) < 4.78 is 20.9. The molecule has 144 valence electrons. The molecule has 1 aliphatic carbocycles. The lowest BCUT2D eigenvalue weighted by molar-refractivity contribution is -0.0236. The van der Waals surface area contributed by atoms with Crippen LogP contribution in [-0.4, -0.2) is 43.0 Å². The first-order valence-corrected chi connectivity index (χ1v) is 10.0. The molecule has 0 bridgehead atoms. The van der Waals surface area contributed by atoms with Crippen LogP contribution in [0, 0.1) is 0 Å². The van der Waals surface area contributed by atoms with Gasteiger partial charge in [0.15, 0.2) is 0 Å². The van der Waals surface area contributed by atoms with E-state index in [1.54, 1.807) is 0 Å². The highest BCUT2D eigenvalue weighted by molar-refractivity contribution is 5.27. The largest absolute Gasteiger partial charge is 0.361 e. The molecule has 1 aliphatic heterocycles. The first-order chi connectivity index (χ1) is 13.2. The van der Waals surface area contributed by atoms with Crippen LogP contribution in [0.2, 0.25) is 0 Å². The molecule has 1 saturated carbocycles. The van der Waals surface area contributed by atoms with Crippen molar-refractivity contribution in [3.05, 3.63) is 71.8 Å². The highest BCUT2D eigenvalue weighted by Gasteiger charge is 2.41. The average molecular weight is 368 g/mol. The van der Waals surface area contributed by atoms with Crippen molar-refractivity contribution in [1.82, 2.24) is 10.2 Å². The number of ether oxygens (including phenoxy) is 1. The number of nitrogens with one attached hydrogen (secondary N) is 1. The molecule has 3 nitrogen and oxygen atoms in total. The van der Waals surface area contributed by atoms with E-state index in [2.05, 4.69) is 46.6 Å². The quantitative estimate of drug-likeness (QED) is 0.759. The number of alkyl halides is 1. The standard InChI is InChI=1S/C23H29FN2O/c24-23(17-25-22-15-21(22)20-9-5-2-6-10-20)11-13-26(14-12-23)18-27-16-19-7-3-1-4-8-19/h1-10,21-22,25H,11-18H2. The van der Waals surface area contributed by atoms with Gasteiger partial charge in [-0.25, -0.2) is 4.39 Å². The van der Waals surface area contributed by atoms with Crippen LogP contribution >= 0.6 is 0 Å². The molecule has 2 atom stereocenters. The van der Waals surface area contributed by atoms with E-state index in [1.165, 1.54) is 11.1 Å². The summed E-state index contributed by atoms with van der Waals surface area (Å²) in [6.07, 6.45) is 2.29. The van der Waals surface area contributed by atoms with Crippen LogP contribution in [0.3, 0.4) is 0 Å². The molecule has 0 amide bonds. The Hall–Kier alpha value is -1.75. The number of nitrogens with zero attached hydrogens (tertiary/aromatic N) is 1. The topological polar surface area (TPSA) is 24.5 Å². The second-order valence-corrected chi connectivity index (χ2v) is 7.97. The SMILES string of the molecule is FC1(CNC2CC2c2ccccc2)CCN(COCc2ccccc2)CC1. The predicted molar refractivity (Wildman–Crippen MR) is 106 cm³/mol. The number of likely N-dealkylation sites (tertiary alicyclic amines) is 1. The molecule has 27 heavy (non-hydrogen) atoms. The third kappa shape index (κ3) is 5.16. The number of rotatable bonds is 8. The zero-order chi connectivity index (χ0) is 18.5. The van der Waals surface area contributed by atoms with Gasteiger partial charge < -0.3 is 10.1 Å². The van der Waals surface area contributed by atoms with Crippen LogP contribution in [0.4, 0.5) is 4.39 Å². The van der Waals surface area contributed by atoms with Crippen LogP contribution in [0.1, 0.15) is 36.3 Å². The van der Waals surface area contributed by atoms with Crippen molar-refractivity contribution in [3.8, 4) is 0 Å². The highest BCUT2D eigenvalue weighted by Crippen LogP contribution is 2.41. The molecule has 1 N–H and O–H groups in total. The van der Waals surface area contributed by atoms with Crippen molar-refractivity contribution in [2.24, 2.45) is 0 Å². The Morgan fingerprint density at radius 3 is 2.37 bits per heavy atom. The number of hydrogen-bond acceptors (Lipinski definition) is 3. The van der Waals surface area contributed by atoms with E-state index in [9.17, 15) is 0 Å². The molecule has 4 heteroatoms. The zero-order valence-electron chi connectivity index (χ0n) is 15.8. The lowest BCUT2D eigenvalue weighted by atomic mass is 9.93. The zero-order valence-corrected chi connectivity index (χ0v) is 15.8. The van der Waals surface area contributed by atoms with E-state index in [4.69, 9.17) is 4.74 Å². The van der Waals surface area contributed by atoms with E-state index in [0.717, 1.165) is 19.5 Å². The number of benzene rings is 2. The van der Waals surface area contributed by atoms with Gasteiger partial charge in [-0.05, 0) is 30.4 Å². The summed E-state index contributed by atoms with van der Waals surface area (Å²) in [5.74, 6) is 0.557. The maximum atomic E-state index is 15.1. The molecule has 4 rings (SSSR count). The monoisotopic (exact) mass is 368 g/mol. The van der Waals surface area contributed by atoms with Gasteiger partial charge in [-0.3, -0.25) is 4.90 Å². The fourth-order valence-electron chi connectivity index (χ4n) is 3.93. The van der Waals surface area contributed by atoms with Gasteiger partial charge in [0, 0.05) is 31.6 Å². The Morgan fingerprint density at radius 1 is 1.00 bits per heavy atom. The molecule has 2 aromatic carbocycles. The van der Waals surface area contributed by atoms with Gasteiger partial charge in [0.1, 0.15) is 5.67 Å². The Bertz CT molecular complexity index is 701. The Balaban J connectivity index is 1.14. The van der Waals surface area contributed by atoms with Gasteiger partial charge in [-0.15, -0.1) is 0 Å². The summed E-state index contributed by atoms with van der Waals surface area (Å²) in [5.41, 5.74) is 1.46. The van der Waals surface area contributed by atoms with E-state index in [-0.39, 0.29) is 0 Å². The minimum Gasteiger partial charge on any atom is -0.361 e. The third-order valence-electron chi connectivity index (χ3n) is 5.84. The normalized spacial score (nSPS) is 24.6. The molecule has 2 fully saturated rings. The fourth-order valence-corrected chi connectivity index (χ4v) is 3.93.